The van der Waals surface area contributed by atoms with Gasteiger partial charge in [-0.2, -0.15) is 0 Å². The number of carbonyl (C=O) groups is 1. The third kappa shape index (κ3) is 4.99. The van der Waals surface area contributed by atoms with Gasteiger partial charge in [0.1, 0.15) is 11.6 Å². The van der Waals surface area contributed by atoms with E-state index in [0.29, 0.717) is 18.8 Å². The van der Waals surface area contributed by atoms with Crippen LogP contribution in [0, 0.1) is 6.92 Å². The van der Waals surface area contributed by atoms with Crippen LogP contribution >= 0.6 is 11.8 Å². The van der Waals surface area contributed by atoms with Gasteiger partial charge in [0.2, 0.25) is 5.91 Å². The van der Waals surface area contributed by atoms with Crippen molar-refractivity contribution in [3.05, 3.63) is 71.5 Å². The van der Waals surface area contributed by atoms with Crippen molar-refractivity contribution in [1.29, 1.82) is 0 Å². The van der Waals surface area contributed by atoms with Gasteiger partial charge in [0.05, 0.1) is 19.4 Å². The highest BCUT2D eigenvalue weighted by atomic mass is 32.2. The molecular weight excluding hydrogens is 420 g/mol. The Morgan fingerprint density at radius 2 is 1.81 bits per heavy atom. The minimum atomic E-state index is -0.0587. The molecule has 168 valence electrons. The normalized spacial score (nSPS) is 14.9. The number of aromatic nitrogens is 3. The zero-order valence-corrected chi connectivity index (χ0v) is 19.5. The lowest BCUT2D eigenvalue weighted by Gasteiger charge is -2.31. The molecule has 6 nitrogen and oxygen atoms in total. The number of para-hydroxylation sites is 1. The Hall–Kier alpha value is -2.80. The number of rotatable bonds is 9. The third-order valence-corrected chi connectivity index (χ3v) is 7.25. The molecule has 0 bridgehead atoms. The first-order chi connectivity index (χ1) is 15.6. The number of ether oxygens (including phenoxy) is 1. The molecule has 32 heavy (non-hydrogen) atoms. The molecule has 0 unspecified atom stereocenters. The van der Waals surface area contributed by atoms with Crippen LogP contribution < -0.4 is 10.1 Å². The summed E-state index contributed by atoms with van der Waals surface area (Å²) in [6, 6.07) is 18.4. The second kappa shape index (κ2) is 10.2. The van der Waals surface area contributed by atoms with Gasteiger partial charge in [-0.15, -0.1) is 10.2 Å². The van der Waals surface area contributed by atoms with Crippen molar-refractivity contribution in [3.8, 4) is 5.75 Å². The highest BCUT2D eigenvalue weighted by Crippen LogP contribution is 2.44. The summed E-state index contributed by atoms with van der Waals surface area (Å²) in [6.07, 6.45) is 4.46. The number of aryl methyl sites for hydroxylation is 1. The fourth-order valence-electron chi connectivity index (χ4n) is 4.54. The van der Waals surface area contributed by atoms with E-state index in [4.69, 9.17) is 4.74 Å². The van der Waals surface area contributed by atoms with Crippen molar-refractivity contribution in [2.24, 2.45) is 0 Å². The van der Waals surface area contributed by atoms with Crippen LogP contribution in [0.1, 0.15) is 42.6 Å². The van der Waals surface area contributed by atoms with Crippen LogP contribution in [0.2, 0.25) is 0 Å². The number of amides is 1. The van der Waals surface area contributed by atoms with E-state index in [1.165, 1.54) is 35.7 Å². The molecule has 1 aliphatic carbocycles. The molecule has 1 aliphatic rings. The second-order valence-electron chi connectivity index (χ2n) is 8.35. The van der Waals surface area contributed by atoms with Crippen molar-refractivity contribution >= 4 is 17.7 Å². The van der Waals surface area contributed by atoms with Crippen molar-refractivity contribution in [2.45, 2.75) is 49.7 Å². The number of hydrogen-bond acceptors (Lipinski definition) is 5. The largest absolute Gasteiger partial charge is 0.496 e. The van der Waals surface area contributed by atoms with Crippen molar-refractivity contribution < 1.29 is 9.53 Å². The number of carbonyl (C=O) groups excluding carboxylic acids is 1. The second-order valence-corrected chi connectivity index (χ2v) is 9.30. The van der Waals surface area contributed by atoms with E-state index in [-0.39, 0.29) is 11.3 Å². The summed E-state index contributed by atoms with van der Waals surface area (Å²) in [6.45, 7) is 3.26. The monoisotopic (exact) mass is 450 g/mol. The molecule has 0 saturated heterocycles. The number of nitrogens with zero attached hydrogens (tertiary/aromatic N) is 3. The van der Waals surface area contributed by atoms with Gasteiger partial charge in [-0.1, -0.05) is 73.1 Å². The maximum Gasteiger partial charge on any atom is 0.230 e. The zero-order chi connectivity index (χ0) is 22.4. The molecule has 1 aromatic heterocycles. The molecule has 0 radical (unpaired) electrons. The lowest BCUT2D eigenvalue weighted by atomic mass is 9.78. The fraction of sp³-hybridized carbons (Fsp3) is 0.400. The summed E-state index contributed by atoms with van der Waals surface area (Å²) >= 11 is 1.43. The van der Waals surface area contributed by atoms with Crippen LogP contribution in [0.4, 0.5) is 0 Å². The summed E-state index contributed by atoms with van der Waals surface area (Å²) in [7, 11) is 1.71. The summed E-state index contributed by atoms with van der Waals surface area (Å²) in [5.74, 6) is 2.08. The summed E-state index contributed by atoms with van der Waals surface area (Å²) in [5.41, 5.74) is 2.32. The van der Waals surface area contributed by atoms with Crippen LogP contribution in [0.25, 0.3) is 0 Å². The molecule has 7 heteroatoms. The Morgan fingerprint density at radius 3 is 2.56 bits per heavy atom. The first kappa shape index (κ1) is 22.4. The predicted molar refractivity (Wildman–Crippen MR) is 127 cm³/mol. The van der Waals surface area contributed by atoms with E-state index >= 15 is 0 Å². The maximum atomic E-state index is 12.8. The van der Waals surface area contributed by atoms with Gasteiger partial charge in [0.15, 0.2) is 5.16 Å². The quantitative estimate of drug-likeness (QED) is 0.491. The first-order valence-corrected chi connectivity index (χ1v) is 12.1. The number of thioether (sulfide) groups is 1. The first-order valence-electron chi connectivity index (χ1n) is 11.1. The molecule has 1 fully saturated rings. The molecule has 1 saturated carbocycles. The van der Waals surface area contributed by atoms with Crippen molar-refractivity contribution in [2.75, 3.05) is 19.4 Å². The smallest absolute Gasteiger partial charge is 0.230 e. The van der Waals surface area contributed by atoms with Crippen molar-refractivity contribution in [1.82, 2.24) is 20.1 Å². The SMILES string of the molecule is COc1ccccc1C1(CNC(=O)CSc2nnc(C)n2Cc2ccccc2)CCCC1. The lowest BCUT2D eigenvalue weighted by molar-refractivity contribution is -0.118. The van der Waals surface area contributed by atoms with E-state index in [1.807, 2.05) is 37.3 Å². The number of hydrogen-bond donors (Lipinski definition) is 1. The lowest BCUT2D eigenvalue weighted by Crippen LogP contribution is -2.40. The van der Waals surface area contributed by atoms with E-state index < -0.39 is 0 Å². The molecule has 0 aliphatic heterocycles. The summed E-state index contributed by atoms with van der Waals surface area (Å²) in [4.78, 5) is 12.8. The van der Waals surface area contributed by atoms with Gasteiger partial charge < -0.3 is 14.6 Å². The van der Waals surface area contributed by atoms with Crippen molar-refractivity contribution in [3.63, 3.8) is 0 Å². The van der Waals surface area contributed by atoms with Gasteiger partial charge in [-0.05, 0) is 31.4 Å². The van der Waals surface area contributed by atoms with Crippen LogP contribution in [-0.2, 0) is 16.8 Å². The van der Waals surface area contributed by atoms with Gasteiger partial charge in [-0.3, -0.25) is 4.79 Å². The Balaban J connectivity index is 1.38. The Bertz CT molecular complexity index is 1050. The molecule has 4 rings (SSSR count). The molecule has 1 amide bonds. The molecule has 1 heterocycles. The summed E-state index contributed by atoms with van der Waals surface area (Å²) < 4.78 is 7.68. The number of benzene rings is 2. The van der Waals surface area contributed by atoms with Crippen LogP contribution in [0.5, 0.6) is 5.75 Å². The van der Waals surface area contributed by atoms with E-state index in [1.54, 1.807) is 7.11 Å². The molecule has 0 atom stereocenters. The van der Waals surface area contributed by atoms with Crippen LogP contribution in [0.3, 0.4) is 0 Å². The number of methoxy groups -OCH3 is 1. The molecule has 1 N–H and O–H groups in total. The predicted octanol–water partition coefficient (Wildman–Crippen LogP) is 4.36. The van der Waals surface area contributed by atoms with Gasteiger partial charge >= 0.3 is 0 Å². The van der Waals surface area contributed by atoms with Gasteiger partial charge in [-0.25, -0.2) is 0 Å². The minimum Gasteiger partial charge on any atom is -0.496 e. The standard InChI is InChI=1S/C25H30N4O2S/c1-19-27-28-24(29(19)16-20-10-4-3-5-11-20)32-17-23(30)26-18-25(14-8-9-15-25)21-12-6-7-13-22(21)31-2/h3-7,10-13H,8-9,14-18H2,1-2H3,(H,26,30). The fourth-order valence-corrected chi connectivity index (χ4v) is 5.35. The highest BCUT2D eigenvalue weighted by molar-refractivity contribution is 7.99. The average Bonchev–Trinajstić information content (AvgIpc) is 3.45. The van der Waals surface area contributed by atoms with Gasteiger partial charge in [0.25, 0.3) is 0 Å². The molecule has 2 aromatic carbocycles. The van der Waals surface area contributed by atoms with Crippen LogP contribution in [-0.4, -0.2) is 40.1 Å². The molecule has 0 spiro atoms. The van der Waals surface area contributed by atoms with E-state index in [0.717, 1.165) is 29.6 Å². The average molecular weight is 451 g/mol. The van der Waals surface area contributed by atoms with E-state index in [2.05, 4.69) is 44.3 Å². The number of nitrogens with one attached hydrogen (secondary N) is 1. The Labute approximate surface area is 193 Å². The van der Waals surface area contributed by atoms with Crippen LogP contribution in [0.15, 0.2) is 59.8 Å². The maximum absolute atomic E-state index is 12.8. The Morgan fingerprint density at radius 1 is 1.09 bits per heavy atom. The molecule has 3 aromatic rings. The summed E-state index contributed by atoms with van der Waals surface area (Å²) in [5, 5.41) is 12.5. The Kier molecular flexibility index (Phi) is 7.15. The zero-order valence-electron chi connectivity index (χ0n) is 18.7. The topological polar surface area (TPSA) is 69.0 Å². The van der Waals surface area contributed by atoms with Gasteiger partial charge in [0, 0.05) is 17.5 Å². The van der Waals surface area contributed by atoms with E-state index in [9.17, 15) is 4.79 Å². The third-order valence-electron chi connectivity index (χ3n) is 6.28. The molecular formula is C25H30N4O2S. The highest BCUT2D eigenvalue weighted by Gasteiger charge is 2.38. The minimum absolute atomic E-state index is 0.0167.